The lowest BCUT2D eigenvalue weighted by atomic mass is 10.3. The maximum atomic E-state index is 12.7. The molecule has 0 fully saturated rings. The largest absolute Gasteiger partial charge is 0.325 e. The molecule has 0 spiro atoms. The molecule has 0 saturated carbocycles. The van der Waals surface area contributed by atoms with Crippen LogP contribution in [0.15, 0.2) is 81.4 Å². The minimum absolute atomic E-state index is 0.151. The van der Waals surface area contributed by atoms with Gasteiger partial charge in [-0.05, 0) is 36.4 Å². The second kappa shape index (κ2) is 7.99. The van der Waals surface area contributed by atoms with Crippen molar-refractivity contribution in [3.63, 3.8) is 0 Å². The molecule has 0 aliphatic carbocycles. The van der Waals surface area contributed by atoms with Crippen molar-refractivity contribution in [2.24, 2.45) is 0 Å². The number of benzene rings is 2. The highest BCUT2D eigenvalue weighted by Gasteiger charge is 2.13. The molecule has 2 aromatic heterocycles. The first-order valence-electron chi connectivity index (χ1n) is 8.32. The van der Waals surface area contributed by atoms with Crippen molar-refractivity contribution in [2.45, 2.75) is 5.16 Å². The Balaban J connectivity index is 1.50. The molecular formula is C19H14BrN5O2S. The molecule has 2 aromatic carbocycles. The van der Waals surface area contributed by atoms with Gasteiger partial charge in [0.1, 0.15) is 0 Å². The summed E-state index contributed by atoms with van der Waals surface area (Å²) in [5, 5.41) is 11.4. The van der Waals surface area contributed by atoms with Crippen LogP contribution in [0.1, 0.15) is 0 Å². The van der Waals surface area contributed by atoms with Crippen molar-refractivity contribution in [1.29, 1.82) is 0 Å². The average Bonchev–Trinajstić information content (AvgIpc) is 3.13. The summed E-state index contributed by atoms with van der Waals surface area (Å²) in [6, 6.07) is 16.6. The van der Waals surface area contributed by atoms with E-state index < -0.39 is 0 Å². The molecule has 0 aliphatic heterocycles. The van der Waals surface area contributed by atoms with Gasteiger partial charge in [0.05, 0.1) is 5.75 Å². The number of hydrogen-bond acceptors (Lipinski definition) is 5. The van der Waals surface area contributed by atoms with Crippen molar-refractivity contribution in [2.75, 3.05) is 11.1 Å². The minimum Gasteiger partial charge on any atom is -0.325 e. The van der Waals surface area contributed by atoms with E-state index in [0.717, 1.165) is 10.2 Å². The summed E-state index contributed by atoms with van der Waals surface area (Å²) in [5.41, 5.74) is 1.40. The number of rotatable bonds is 5. The van der Waals surface area contributed by atoms with Gasteiger partial charge in [0.15, 0.2) is 5.16 Å². The summed E-state index contributed by atoms with van der Waals surface area (Å²) >= 11 is 4.57. The number of amides is 1. The number of carbonyl (C=O) groups excluding carboxylic acids is 1. The van der Waals surface area contributed by atoms with Crippen molar-refractivity contribution in [3.05, 3.63) is 81.8 Å². The Labute approximate surface area is 172 Å². The fourth-order valence-corrected chi connectivity index (χ4v) is 3.60. The number of para-hydroxylation sites is 1. The van der Waals surface area contributed by atoms with Crippen LogP contribution < -0.4 is 10.9 Å². The standard InChI is InChI=1S/C19H14BrN5O2S/c20-13-6-8-14(9-7-13)21-16(26)12-28-19-23-22-17-18(27)24(10-11-25(17)19)15-4-2-1-3-5-15/h1-11H,12H2,(H,21,26). The fourth-order valence-electron chi connectivity index (χ4n) is 2.62. The lowest BCUT2D eigenvalue weighted by molar-refractivity contribution is -0.113. The zero-order valence-electron chi connectivity index (χ0n) is 14.4. The van der Waals surface area contributed by atoms with Crippen LogP contribution in [0, 0.1) is 0 Å². The predicted octanol–water partition coefficient (Wildman–Crippen LogP) is 3.37. The Morgan fingerprint density at radius 1 is 1.04 bits per heavy atom. The summed E-state index contributed by atoms with van der Waals surface area (Å²) in [4.78, 5) is 24.9. The van der Waals surface area contributed by atoms with E-state index in [1.807, 2.05) is 54.6 Å². The van der Waals surface area contributed by atoms with Gasteiger partial charge >= 0.3 is 5.56 Å². The highest BCUT2D eigenvalue weighted by Crippen LogP contribution is 2.18. The van der Waals surface area contributed by atoms with Gasteiger partial charge in [0.2, 0.25) is 11.6 Å². The molecule has 7 nitrogen and oxygen atoms in total. The molecule has 4 rings (SSSR count). The third-order valence-electron chi connectivity index (χ3n) is 3.93. The maximum Gasteiger partial charge on any atom is 0.300 e. The van der Waals surface area contributed by atoms with E-state index >= 15 is 0 Å². The lowest BCUT2D eigenvalue weighted by Crippen LogP contribution is -2.20. The highest BCUT2D eigenvalue weighted by molar-refractivity contribution is 9.10. The SMILES string of the molecule is O=C(CSc1nnc2c(=O)n(-c3ccccc3)ccn12)Nc1ccc(Br)cc1. The number of halogens is 1. The third kappa shape index (κ3) is 3.85. The van der Waals surface area contributed by atoms with Crippen molar-refractivity contribution < 1.29 is 4.79 Å². The normalized spacial score (nSPS) is 10.9. The second-order valence-corrected chi connectivity index (χ2v) is 7.69. The molecule has 0 radical (unpaired) electrons. The zero-order valence-corrected chi connectivity index (χ0v) is 16.9. The van der Waals surface area contributed by atoms with Crippen LogP contribution in [0.3, 0.4) is 0 Å². The van der Waals surface area contributed by atoms with Gasteiger partial charge in [-0.3, -0.25) is 18.6 Å². The summed E-state index contributed by atoms with van der Waals surface area (Å²) in [6.45, 7) is 0. The summed E-state index contributed by atoms with van der Waals surface area (Å²) < 4.78 is 4.05. The van der Waals surface area contributed by atoms with Crippen LogP contribution in [0.4, 0.5) is 5.69 Å². The second-order valence-electron chi connectivity index (χ2n) is 5.83. The summed E-state index contributed by atoms with van der Waals surface area (Å²) in [7, 11) is 0. The number of fused-ring (bicyclic) bond motifs is 1. The summed E-state index contributed by atoms with van der Waals surface area (Å²) in [5.74, 6) is -0.0137. The zero-order chi connectivity index (χ0) is 19.5. The Bertz CT molecular complexity index is 1190. The minimum atomic E-state index is -0.271. The van der Waals surface area contributed by atoms with Crippen LogP contribution in [-0.4, -0.2) is 30.8 Å². The number of thioether (sulfide) groups is 1. The van der Waals surface area contributed by atoms with Gasteiger partial charge in [-0.1, -0.05) is 45.9 Å². The Kier molecular flexibility index (Phi) is 5.27. The number of carbonyl (C=O) groups is 1. The number of anilines is 1. The molecule has 0 aliphatic rings. The van der Waals surface area contributed by atoms with E-state index in [2.05, 4.69) is 31.4 Å². The predicted molar refractivity (Wildman–Crippen MR) is 112 cm³/mol. The molecule has 9 heteroatoms. The molecule has 0 atom stereocenters. The van der Waals surface area contributed by atoms with Crippen molar-refractivity contribution >= 4 is 44.9 Å². The molecule has 2 heterocycles. The van der Waals surface area contributed by atoms with Gasteiger partial charge in [0.25, 0.3) is 0 Å². The maximum absolute atomic E-state index is 12.7. The molecular weight excluding hydrogens is 442 g/mol. The fraction of sp³-hybridized carbons (Fsp3) is 0.0526. The van der Waals surface area contributed by atoms with E-state index in [0.29, 0.717) is 10.8 Å². The topological polar surface area (TPSA) is 81.3 Å². The van der Waals surface area contributed by atoms with Crippen LogP contribution in [0.5, 0.6) is 0 Å². The molecule has 1 amide bonds. The van der Waals surface area contributed by atoms with E-state index in [9.17, 15) is 9.59 Å². The van der Waals surface area contributed by atoms with Gasteiger partial charge in [-0.2, -0.15) is 0 Å². The first kappa shape index (κ1) is 18.5. The molecule has 140 valence electrons. The van der Waals surface area contributed by atoms with E-state index in [-0.39, 0.29) is 22.9 Å². The van der Waals surface area contributed by atoms with Crippen LogP contribution in [0.25, 0.3) is 11.3 Å². The number of nitrogens with one attached hydrogen (secondary N) is 1. The average molecular weight is 456 g/mol. The molecule has 0 saturated heterocycles. The number of hydrogen-bond donors (Lipinski definition) is 1. The first-order valence-corrected chi connectivity index (χ1v) is 10.1. The van der Waals surface area contributed by atoms with Gasteiger partial charge in [-0.15, -0.1) is 10.2 Å². The number of nitrogens with zero attached hydrogens (tertiary/aromatic N) is 4. The molecule has 0 unspecified atom stereocenters. The van der Waals surface area contributed by atoms with Gasteiger partial charge in [0, 0.05) is 28.2 Å². The van der Waals surface area contributed by atoms with Gasteiger partial charge < -0.3 is 5.32 Å². The summed E-state index contributed by atoms with van der Waals surface area (Å²) in [6.07, 6.45) is 3.39. The van der Waals surface area contributed by atoms with Crippen LogP contribution >= 0.6 is 27.7 Å². The third-order valence-corrected chi connectivity index (χ3v) is 5.41. The van der Waals surface area contributed by atoms with Crippen LogP contribution in [0.2, 0.25) is 0 Å². The smallest absolute Gasteiger partial charge is 0.300 e. The van der Waals surface area contributed by atoms with E-state index in [4.69, 9.17) is 0 Å². The molecule has 1 N–H and O–H groups in total. The van der Waals surface area contributed by atoms with Crippen molar-refractivity contribution in [1.82, 2.24) is 19.2 Å². The van der Waals surface area contributed by atoms with Crippen LogP contribution in [-0.2, 0) is 4.79 Å². The Morgan fingerprint density at radius 3 is 2.54 bits per heavy atom. The monoisotopic (exact) mass is 455 g/mol. The highest BCUT2D eigenvalue weighted by atomic mass is 79.9. The van der Waals surface area contributed by atoms with Gasteiger partial charge in [-0.25, -0.2) is 0 Å². The Morgan fingerprint density at radius 2 is 1.79 bits per heavy atom. The Hall–Kier alpha value is -2.91. The lowest BCUT2D eigenvalue weighted by Gasteiger charge is -2.06. The molecule has 0 bridgehead atoms. The van der Waals surface area contributed by atoms with Crippen molar-refractivity contribution in [3.8, 4) is 5.69 Å². The van der Waals surface area contributed by atoms with E-state index in [1.54, 1.807) is 16.8 Å². The number of aromatic nitrogens is 4. The molecule has 28 heavy (non-hydrogen) atoms. The quantitative estimate of drug-likeness (QED) is 0.466. The molecule has 4 aromatic rings. The van der Waals surface area contributed by atoms with E-state index in [1.165, 1.54) is 16.3 Å². The first-order chi connectivity index (χ1) is 13.6.